The highest BCUT2D eigenvalue weighted by molar-refractivity contribution is 6.35. The highest BCUT2D eigenvalue weighted by atomic mass is 16.4. The SMILES string of the molecule is CCN1CCN(Cc2ccc(C(=O)O)o2)C(=O)C1=O. The van der Waals surface area contributed by atoms with Gasteiger partial charge < -0.3 is 19.3 Å². The van der Waals surface area contributed by atoms with Crippen LogP contribution in [-0.2, 0) is 16.1 Å². The molecule has 1 aromatic rings. The Morgan fingerprint density at radius 2 is 1.89 bits per heavy atom. The molecule has 0 atom stereocenters. The van der Waals surface area contributed by atoms with Crippen LogP contribution in [0, 0.1) is 0 Å². The lowest BCUT2D eigenvalue weighted by Gasteiger charge is -2.32. The maximum Gasteiger partial charge on any atom is 0.371 e. The summed E-state index contributed by atoms with van der Waals surface area (Å²) in [5, 5.41) is 8.73. The minimum atomic E-state index is -1.16. The van der Waals surface area contributed by atoms with E-state index < -0.39 is 17.8 Å². The summed E-state index contributed by atoms with van der Waals surface area (Å²) >= 11 is 0. The molecule has 19 heavy (non-hydrogen) atoms. The molecule has 2 amide bonds. The Labute approximate surface area is 109 Å². The van der Waals surface area contributed by atoms with E-state index in [0.717, 1.165) is 0 Å². The van der Waals surface area contributed by atoms with Gasteiger partial charge in [0.05, 0.1) is 6.54 Å². The predicted octanol–water partition coefficient (Wildman–Crippen LogP) is 0.168. The van der Waals surface area contributed by atoms with Gasteiger partial charge in [-0.15, -0.1) is 0 Å². The average Bonchev–Trinajstić information content (AvgIpc) is 2.84. The Balaban J connectivity index is 2.05. The molecule has 2 heterocycles. The van der Waals surface area contributed by atoms with Crippen molar-refractivity contribution < 1.29 is 23.9 Å². The molecule has 0 spiro atoms. The zero-order valence-electron chi connectivity index (χ0n) is 10.5. The zero-order valence-corrected chi connectivity index (χ0v) is 10.5. The molecule has 1 saturated heterocycles. The number of likely N-dealkylation sites (N-methyl/N-ethyl adjacent to an activating group) is 1. The molecule has 0 radical (unpaired) electrons. The molecule has 1 aromatic heterocycles. The van der Waals surface area contributed by atoms with Gasteiger partial charge in [0, 0.05) is 19.6 Å². The minimum absolute atomic E-state index is 0.107. The first-order valence-electron chi connectivity index (χ1n) is 5.93. The third-order valence-corrected chi connectivity index (χ3v) is 3.00. The topological polar surface area (TPSA) is 91.1 Å². The number of furan rings is 1. The first kappa shape index (κ1) is 13.1. The van der Waals surface area contributed by atoms with Gasteiger partial charge in [-0.25, -0.2) is 4.79 Å². The van der Waals surface area contributed by atoms with Crippen molar-refractivity contribution in [2.24, 2.45) is 0 Å². The van der Waals surface area contributed by atoms with Crippen LogP contribution in [0.5, 0.6) is 0 Å². The van der Waals surface area contributed by atoms with Gasteiger partial charge in [0.15, 0.2) is 0 Å². The van der Waals surface area contributed by atoms with E-state index in [1.165, 1.54) is 21.9 Å². The summed E-state index contributed by atoms with van der Waals surface area (Å²) < 4.78 is 5.07. The van der Waals surface area contributed by atoms with Crippen LogP contribution in [0.3, 0.4) is 0 Å². The number of nitrogens with zero attached hydrogens (tertiary/aromatic N) is 2. The summed E-state index contributed by atoms with van der Waals surface area (Å²) in [7, 11) is 0. The third-order valence-electron chi connectivity index (χ3n) is 3.00. The molecule has 102 valence electrons. The first-order chi connectivity index (χ1) is 9.02. The standard InChI is InChI=1S/C12H14N2O5/c1-2-13-5-6-14(11(16)10(13)15)7-8-3-4-9(19-8)12(17)18/h3-4H,2,5-7H2,1H3,(H,17,18). The molecule has 0 aliphatic carbocycles. The van der Waals surface area contributed by atoms with E-state index in [1.807, 2.05) is 6.92 Å². The fraction of sp³-hybridized carbons (Fsp3) is 0.417. The lowest BCUT2D eigenvalue weighted by Crippen LogP contribution is -2.53. The molecule has 7 nitrogen and oxygen atoms in total. The van der Waals surface area contributed by atoms with Crippen molar-refractivity contribution >= 4 is 17.8 Å². The smallest absolute Gasteiger partial charge is 0.371 e. The molecular formula is C12H14N2O5. The molecular weight excluding hydrogens is 252 g/mol. The number of carbonyl (C=O) groups excluding carboxylic acids is 2. The largest absolute Gasteiger partial charge is 0.475 e. The monoisotopic (exact) mass is 266 g/mol. The van der Waals surface area contributed by atoms with Crippen molar-refractivity contribution in [2.45, 2.75) is 13.5 Å². The third kappa shape index (κ3) is 2.59. The Bertz CT molecular complexity index is 522. The van der Waals surface area contributed by atoms with Crippen LogP contribution in [0.15, 0.2) is 16.5 Å². The summed E-state index contributed by atoms with van der Waals surface area (Å²) in [5.74, 6) is -2.10. The second-order valence-corrected chi connectivity index (χ2v) is 4.18. The van der Waals surface area contributed by atoms with E-state index in [1.54, 1.807) is 0 Å². The van der Waals surface area contributed by atoms with E-state index in [0.29, 0.717) is 25.4 Å². The van der Waals surface area contributed by atoms with E-state index >= 15 is 0 Å². The number of hydrogen-bond acceptors (Lipinski definition) is 4. The number of carbonyl (C=O) groups is 3. The number of rotatable bonds is 4. The second kappa shape index (κ2) is 5.13. The molecule has 7 heteroatoms. The van der Waals surface area contributed by atoms with Gasteiger partial charge in [0.25, 0.3) is 0 Å². The predicted molar refractivity (Wildman–Crippen MR) is 63.3 cm³/mol. The first-order valence-corrected chi connectivity index (χ1v) is 5.93. The Morgan fingerprint density at radius 3 is 2.47 bits per heavy atom. The minimum Gasteiger partial charge on any atom is -0.475 e. The lowest BCUT2D eigenvalue weighted by atomic mass is 10.2. The Kier molecular flexibility index (Phi) is 3.55. The highest BCUT2D eigenvalue weighted by Gasteiger charge is 2.32. The summed E-state index contributed by atoms with van der Waals surface area (Å²) in [4.78, 5) is 37.0. The van der Waals surface area contributed by atoms with Gasteiger partial charge in [-0.1, -0.05) is 0 Å². The van der Waals surface area contributed by atoms with E-state index in [-0.39, 0.29) is 12.3 Å². The summed E-state index contributed by atoms with van der Waals surface area (Å²) in [6, 6.07) is 2.82. The zero-order chi connectivity index (χ0) is 14.0. The van der Waals surface area contributed by atoms with Crippen LogP contribution in [-0.4, -0.2) is 52.3 Å². The lowest BCUT2D eigenvalue weighted by molar-refractivity contribution is -0.156. The van der Waals surface area contributed by atoms with Crippen molar-refractivity contribution in [1.29, 1.82) is 0 Å². The number of amides is 2. The van der Waals surface area contributed by atoms with Crippen LogP contribution >= 0.6 is 0 Å². The van der Waals surface area contributed by atoms with Crippen molar-refractivity contribution in [3.63, 3.8) is 0 Å². The molecule has 0 saturated carbocycles. The molecule has 0 aromatic carbocycles. The second-order valence-electron chi connectivity index (χ2n) is 4.18. The van der Waals surface area contributed by atoms with Crippen LogP contribution in [0.4, 0.5) is 0 Å². The number of carboxylic acids is 1. The Hall–Kier alpha value is -2.31. The summed E-state index contributed by atoms with van der Waals surface area (Å²) in [5.41, 5.74) is 0. The van der Waals surface area contributed by atoms with Crippen LogP contribution in [0.1, 0.15) is 23.2 Å². The van der Waals surface area contributed by atoms with E-state index in [2.05, 4.69) is 0 Å². The highest BCUT2D eigenvalue weighted by Crippen LogP contribution is 2.13. The van der Waals surface area contributed by atoms with Crippen molar-refractivity contribution in [1.82, 2.24) is 9.80 Å². The fourth-order valence-electron chi connectivity index (χ4n) is 1.93. The van der Waals surface area contributed by atoms with E-state index in [4.69, 9.17) is 9.52 Å². The van der Waals surface area contributed by atoms with Gasteiger partial charge in [0.2, 0.25) is 5.76 Å². The Morgan fingerprint density at radius 1 is 1.26 bits per heavy atom. The number of piperazine rings is 1. The average molecular weight is 266 g/mol. The van der Waals surface area contributed by atoms with Gasteiger partial charge in [-0.2, -0.15) is 0 Å². The maximum absolute atomic E-state index is 11.8. The van der Waals surface area contributed by atoms with Crippen LogP contribution in [0.2, 0.25) is 0 Å². The van der Waals surface area contributed by atoms with Gasteiger partial charge in [-0.3, -0.25) is 9.59 Å². The molecule has 1 N–H and O–H groups in total. The van der Waals surface area contributed by atoms with Crippen molar-refractivity contribution in [3.8, 4) is 0 Å². The molecule has 1 fully saturated rings. The molecule has 1 aliphatic heterocycles. The summed E-state index contributed by atoms with van der Waals surface area (Å²) in [6.45, 7) is 3.32. The molecule has 0 unspecified atom stereocenters. The van der Waals surface area contributed by atoms with Gasteiger partial charge in [0.1, 0.15) is 5.76 Å². The molecule has 0 bridgehead atoms. The van der Waals surface area contributed by atoms with Crippen molar-refractivity contribution in [3.05, 3.63) is 23.7 Å². The van der Waals surface area contributed by atoms with Crippen LogP contribution in [0.25, 0.3) is 0 Å². The van der Waals surface area contributed by atoms with Crippen molar-refractivity contribution in [2.75, 3.05) is 19.6 Å². The van der Waals surface area contributed by atoms with Crippen LogP contribution < -0.4 is 0 Å². The number of aromatic carboxylic acids is 1. The van der Waals surface area contributed by atoms with E-state index in [9.17, 15) is 14.4 Å². The summed E-state index contributed by atoms with van der Waals surface area (Å²) in [6.07, 6.45) is 0. The number of carboxylic acid groups (broad SMARTS) is 1. The molecule has 1 aliphatic rings. The van der Waals surface area contributed by atoms with Gasteiger partial charge >= 0.3 is 17.8 Å². The normalized spacial score (nSPS) is 16.1. The maximum atomic E-state index is 11.8. The molecule has 2 rings (SSSR count). The quantitative estimate of drug-likeness (QED) is 0.784. The van der Waals surface area contributed by atoms with Gasteiger partial charge in [-0.05, 0) is 19.1 Å². The number of hydrogen-bond donors (Lipinski definition) is 1. The fourth-order valence-corrected chi connectivity index (χ4v) is 1.93.